The van der Waals surface area contributed by atoms with Gasteiger partial charge in [-0.05, 0) is 56.0 Å². The van der Waals surface area contributed by atoms with Crippen LogP contribution in [0.15, 0.2) is 76.5 Å². The van der Waals surface area contributed by atoms with E-state index in [1.165, 1.54) is 23.8 Å². The molecule has 0 bridgehead atoms. The van der Waals surface area contributed by atoms with E-state index in [2.05, 4.69) is 38.9 Å². The molecule has 1 fully saturated rings. The van der Waals surface area contributed by atoms with Crippen molar-refractivity contribution in [3.8, 4) is 17.6 Å². The van der Waals surface area contributed by atoms with Crippen LogP contribution in [-0.2, 0) is 16.4 Å². The molecule has 1 aliphatic rings. The lowest BCUT2D eigenvalue weighted by atomic mass is 10.0. The number of aromatic nitrogens is 1. The van der Waals surface area contributed by atoms with Crippen molar-refractivity contribution in [3.05, 3.63) is 72.3 Å². The molecule has 2 heterocycles. The van der Waals surface area contributed by atoms with Gasteiger partial charge in [0.25, 0.3) is 0 Å². The molecule has 252 valence electrons. The van der Waals surface area contributed by atoms with Gasteiger partial charge in [-0.2, -0.15) is 13.2 Å². The number of methoxy groups -OCH3 is 1. The number of hydrogen-bond donors (Lipinski definition) is 2. The molecule has 1 saturated heterocycles. The third-order valence-corrected chi connectivity index (χ3v) is 8.96. The Morgan fingerprint density at radius 1 is 1.17 bits per heavy atom. The molecule has 0 spiro atoms. The first-order valence-electron chi connectivity index (χ1n) is 15.1. The van der Waals surface area contributed by atoms with E-state index in [1.807, 2.05) is 44.3 Å². The van der Waals surface area contributed by atoms with E-state index in [9.17, 15) is 21.6 Å². The highest BCUT2D eigenvalue weighted by atomic mass is 32.2. The van der Waals surface area contributed by atoms with Crippen molar-refractivity contribution in [2.75, 3.05) is 57.7 Å². The van der Waals surface area contributed by atoms with Crippen molar-refractivity contribution in [1.82, 2.24) is 14.4 Å². The second-order valence-electron chi connectivity index (χ2n) is 11.4. The van der Waals surface area contributed by atoms with Crippen LogP contribution in [0.25, 0.3) is 10.9 Å². The molecule has 2 aromatic carbocycles. The van der Waals surface area contributed by atoms with Gasteiger partial charge in [0, 0.05) is 56.6 Å². The quantitative estimate of drug-likeness (QED) is 0.192. The third-order valence-electron chi connectivity index (χ3n) is 7.85. The van der Waals surface area contributed by atoms with E-state index in [0.717, 1.165) is 43.6 Å². The number of allylic oxidation sites excluding steroid dienone is 2. The van der Waals surface area contributed by atoms with Crippen LogP contribution >= 0.6 is 0 Å². The minimum absolute atomic E-state index is 0.0912. The van der Waals surface area contributed by atoms with Gasteiger partial charge < -0.3 is 29.7 Å². The molecule has 0 saturated carbocycles. The molecule has 2 N–H and O–H groups in total. The average molecular weight is 671 g/mol. The number of halogens is 3. The number of likely N-dealkylation sites (tertiary alicyclic amines) is 1. The van der Waals surface area contributed by atoms with Crippen molar-refractivity contribution in [2.45, 2.75) is 43.4 Å². The maximum Gasteiger partial charge on any atom is 0.406 e. The fraction of sp³-hybridized carbons (Fsp3) is 0.382. The number of fused-ring (bicyclic) bond motifs is 1. The Labute approximate surface area is 274 Å². The third kappa shape index (κ3) is 9.25. The van der Waals surface area contributed by atoms with Crippen LogP contribution in [0.4, 0.5) is 24.5 Å². The van der Waals surface area contributed by atoms with Crippen molar-refractivity contribution >= 4 is 38.3 Å². The molecule has 1 aliphatic heterocycles. The van der Waals surface area contributed by atoms with Gasteiger partial charge >= 0.3 is 6.18 Å². The van der Waals surface area contributed by atoms with Gasteiger partial charge in [-0.3, -0.25) is 0 Å². The molecule has 0 unspecified atom stereocenters. The normalized spacial score (nSPS) is 14.6. The second kappa shape index (κ2) is 14.9. The van der Waals surface area contributed by atoms with E-state index in [1.54, 1.807) is 24.3 Å². The number of anilines is 2. The van der Waals surface area contributed by atoms with Crippen LogP contribution in [-0.4, -0.2) is 88.3 Å². The van der Waals surface area contributed by atoms with Crippen LogP contribution in [0.2, 0.25) is 0 Å². The minimum atomic E-state index is -4.45. The molecule has 0 aliphatic carbocycles. The van der Waals surface area contributed by atoms with Gasteiger partial charge in [-0.1, -0.05) is 24.6 Å². The summed E-state index contributed by atoms with van der Waals surface area (Å²) in [4.78, 5) is 8.67. The number of hydrogen-bond acceptors (Lipinski definition) is 8. The SMILES string of the molecule is C=C(N=C/C(=C\C)N1CCC(Nc2cccc3c2cc(C#CCNc2ccc(S(C)(=O)=O)cc2OC)n3CC(F)(F)F)CC1)N(C)C. The monoisotopic (exact) mass is 670 g/mol. The summed E-state index contributed by atoms with van der Waals surface area (Å²) in [6.45, 7) is 6.43. The highest BCUT2D eigenvalue weighted by molar-refractivity contribution is 7.90. The Bertz CT molecular complexity index is 1830. The fourth-order valence-corrected chi connectivity index (χ4v) is 5.92. The van der Waals surface area contributed by atoms with Gasteiger partial charge in [0.1, 0.15) is 18.1 Å². The average Bonchev–Trinajstić information content (AvgIpc) is 3.36. The van der Waals surface area contributed by atoms with Gasteiger partial charge in [0.2, 0.25) is 0 Å². The highest BCUT2D eigenvalue weighted by Gasteiger charge is 2.30. The largest absolute Gasteiger partial charge is 0.495 e. The Morgan fingerprint density at radius 3 is 2.51 bits per heavy atom. The smallest absolute Gasteiger partial charge is 0.406 e. The lowest BCUT2D eigenvalue weighted by Crippen LogP contribution is -2.39. The van der Waals surface area contributed by atoms with Gasteiger partial charge in [-0.15, -0.1) is 0 Å². The first-order valence-corrected chi connectivity index (χ1v) is 17.0. The number of piperidine rings is 1. The Hall–Kier alpha value is -4.57. The predicted octanol–water partition coefficient (Wildman–Crippen LogP) is 5.96. The predicted molar refractivity (Wildman–Crippen MR) is 183 cm³/mol. The number of ether oxygens (including phenoxy) is 1. The number of sulfone groups is 1. The van der Waals surface area contributed by atoms with E-state index in [-0.39, 0.29) is 23.2 Å². The van der Waals surface area contributed by atoms with Crippen molar-refractivity contribution in [2.24, 2.45) is 4.99 Å². The number of nitrogens with zero attached hydrogens (tertiary/aromatic N) is 4. The summed E-state index contributed by atoms with van der Waals surface area (Å²) in [5.74, 6) is 6.78. The maximum absolute atomic E-state index is 13.7. The van der Waals surface area contributed by atoms with Gasteiger partial charge in [-0.25, -0.2) is 13.4 Å². The lowest BCUT2D eigenvalue weighted by Gasteiger charge is -2.35. The van der Waals surface area contributed by atoms with E-state index < -0.39 is 22.6 Å². The standard InChI is InChI=1S/C34H41F3N6O3S/c1-7-26(22-39-24(2)41(3)4)42-18-15-25(16-19-42)40-30-11-8-12-32-29(30)20-27(43(32)23-34(35,36)37)10-9-17-38-31-14-13-28(47(6,44)45)21-33(31)46-5/h7-8,11-14,20-22,25,38,40H,2,15-19,23H2,1,3-6H3/b26-7+,39-22?. The molecule has 4 rings (SSSR count). The molecular weight excluding hydrogens is 629 g/mol. The molecule has 3 aromatic rings. The van der Waals surface area contributed by atoms with E-state index in [4.69, 9.17) is 4.74 Å². The Kier molecular flexibility index (Phi) is 11.2. The molecule has 0 atom stereocenters. The summed E-state index contributed by atoms with van der Waals surface area (Å²) in [7, 11) is 1.78. The summed E-state index contributed by atoms with van der Waals surface area (Å²) < 4.78 is 71.4. The van der Waals surface area contributed by atoms with Crippen molar-refractivity contribution in [3.63, 3.8) is 0 Å². The second-order valence-corrected chi connectivity index (χ2v) is 13.5. The molecule has 47 heavy (non-hydrogen) atoms. The van der Waals surface area contributed by atoms with Crippen LogP contribution in [0, 0.1) is 11.8 Å². The number of rotatable bonds is 11. The van der Waals surface area contributed by atoms with Crippen molar-refractivity contribution < 1.29 is 26.3 Å². The first kappa shape index (κ1) is 35.3. The number of alkyl halides is 3. The molecule has 9 nitrogen and oxygen atoms in total. The molecule has 1 aromatic heterocycles. The number of nitrogens with one attached hydrogen (secondary N) is 2. The summed E-state index contributed by atoms with van der Waals surface area (Å²) >= 11 is 0. The minimum Gasteiger partial charge on any atom is -0.495 e. The Morgan fingerprint density at radius 2 is 1.89 bits per heavy atom. The summed E-state index contributed by atoms with van der Waals surface area (Å²) in [5.41, 5.74) is 2.96. The summed E-state index contributed by atoms with van der Waals surface area (Å²) in [6, 6.07) is 11.6. The van der Waals surface area contributed by atoms with Gasteiger partial charge in [0.05, 0.1) is 47.4 Å². The molecule has 13 heteroatoms. The van der Waals surface area contributed by atoms with Crippen LogP contribution in [0.5, 0.6) is 5.75 Å². The first-order chi connectivity index (χ1) is 22.2. The zero-order valence-electron chi connectivity index (χ0n) is 27.3. The Balaban J connectivity index is 1.51. The zero-order valence-corrected chi connectivity index (χ0v) is 28.1. The van der Waals surface area contributed by atoms with Gasteiger partial charge in [0.15, 0.2) is 9.84 Å². The highest BCUT2D eigenvalue weighted by Crippen LogP contribution is 2.32. The maximum atomic E-state index is 13.7. The van der Waals surface area contributed by atoms with E-state index in [0.29, 0.717) is 28.2 Å². The lowest BCUT2D eigenvalue weighted by molar-refractivity contribution is -0.140. The number of benzene rings is 2. The fourth-order valence-electron chi connectivity index (χ4n) is 5.28. The molecular formula is C34H41F3N6O3S. The van der Waals surface area contributed by atoms with Crippen LogP contribution < -0.4 is 15.4 Å². The summed E-state index contributed by atoms with van der Waals surface area (Å²) in [6.07, 6.45) is 2.18. The topological polar surface area (TPSA) is 91.2 Å². The van der Waals surface area contributed by atoms with E-state index >= 15 is 0 Å². The van der Waals surface area contributed by atoms with Crippen LogP contribution in [0.1, 0.15) is 25.5 Å². The van der Waals surface area contributed by atoms with Crippen LogP contribution in [0.3, 0.4) is 0 Å². The molecule has 0 radical (unpaired) electrons. The molecule has 0 amide bonds. The zero-order chi connectivity index (χ0) is 34.4. The van der Waals surface area contributed by atoms with Crippen molar-refractivity contribution in [1.29, 1.82) is 0 Å². The summed E-state index contributed by atoms with van der Waals surface area (Å²) in [5, 5.41) is 7.29. The number of aliphatic imine (C=N–C) groups is 1.